The maximum absolute atomic E-state index is 4.16. The number of aryl methyl sites for hydroxylation is 1. The highest BCUT2D eigenvalue weighted by atomic mass is 127. The number of hydrogen-bond acceptors (Lipinski definition) is 2. The smallest absolute Gasteiger partial charge is 0.0868 e. The summed E-state index contributed by atoms with van der Waals surface area (Å²) in [5.41, 5.74) is 2.57. The first-order valence-corrected chi connectivity index (χ1v) is 5.44. The second-order valence-electron chi connectivity index (χ2n) is 3.26. The van der Waals surface area contributed by atoms with Gasteiger partial charge in [0.2, 0.25) is 0 Å². The van der Waals surface area contributed by atoms with E-state index in [2.05, 4.69) is 33.2 Å². The van der Waals surface area contributed by atoms with Gasteiger partial charge in [0.15, 0.2) is 0 Å². The van der Waals surface area contributed by atoms with Crippen LogP contribution in [0.5, 0.6) is 0 Å². The van der Waals surface area contributed by atoms with Gasteiger partial charge in [-0.3, -0.25) is 0 Å². The van der Waals surface area contributed by atoms with Gasteiger partial charge in [0.1, 0.15) is 0 Å². The summed E-state index contributed by atoms with van der Waals surface area (Å²) in [5.74, 6) is 0. The zero-order chi connectivity index (χ0) is 8.39. The summed E-state index contributed by atoms with van der Waals surface area (Å²) in [6.45, 7) is 0. The monoisotopic (exact) mass is 277 g/mol. The molecule has 0 radical (unpaired) electrons. The van der Waals surface area contributed by atoms with E-state index in [0.717, 1.165) is 12.8 Å². The van der Waals surface area contributed by atoms with Gasteiger partial charge >= 0.3 is 0 Å². The Morgan fingerprint density at radius 2 is 1.83 bits per heavy atom. The van der Waals surface area contributed by atoms with E-state index in [1.807, 2.05) is 2.90 Å². The number of nitrogens with zero attached hydrogens (tertiary/aromatic N) is 3. The van der Waals surface area contributed by atoms with Crippen LogP contribution >= 0.6 is 22.9 Å². The molecule has 0 saturated heterocycles. The van der Waals surface area contributed by atoms with Crippen LogP contribution in [-0.4, -0.2) is 13.2 Å². The van der Waals surface area contributed by atoms with Gasteiger partial charge in [-0.05, 0) is 25.7 Å². The first kappa shape index (κ1) is 8.47. The van der Waals surface area contributed by atoms with Gasteiger partial charge in [-0.2, -0.15) is 2.90 Å². The number of aromatic nitrogens is 3. The van der Waals surface area contributed by atoms with Crippen LogP contribution in [0.3, 0.4) is 0 Å². The molecule has 0 atom stereocenters. The Hall–Kier alpha value is -0.130. The lowest BCUT2D eigenvalue weighted by Crippen LogP contribution is -2.00. The molecule has 0 saturated carbocycles. The van der Waals surface area contributed by atoms with Crippen molar-refractivity contribution < 1.29 is 0 Å². The SMILES string of the molecule is In1nnc2c1CCCCCC2. The van der Waals surface area contributed by atoms with E-state index in [0.29, 0.717) is 0 Å². The molecule has 0 amide bonds. The van der Waals surface area contributed by atoms with Crippen molar-refractivity contribution in [2.24, 2.45) is 0 Å². The summed E-state index contributed by atoms with van der Waals surface area (Å²) >= 11 is 2.21. The molecule has 3 nitrogen and oxygen atoms in total. The second kappa shape index (κ2) is 3.72. The largest absolute Gasteiger partial charge is 0.188 e. The van der Waals surface area contributed by atoms with E-state index < -0.39 is 0 Å². The molecule has 1 aromatic rings. The lowest BCUT2D eigenvalue weighted by molar-refractivity contribution is 0.607. The number of halogens is 1. The van der Waals surface area contributed by atoms with Crippen molar-refractivity contribution in [1.29, 1.82) is 0 Å². The highest BCUT2D eigenvalue weighted by Gasteiger charge is 2.12. The molecule has 1 aliphatic rings. The third-order valence-corrected chi connectivity index (χ3v) is 3.15. The van der Waals surface area contributed by atoms with Crippen molar-refractivity contribution in [2.75, 3.05) is 0 Å². The average Bonchev–Trinajstić information content (AvgIpc) is 2.31. The van der Waals surface area contributed by atoms with E-state index in [-0.39, 0.29) is 0 Å². The van der Waals surface area contributed by atoms with Gasteiger partial charge in [-0.25, -0.2) is 0 Å². The highest BCUT2D eigenvalue weighted by molar-refractivity contribution is 14.1. The summed E-state index contributed by atoms with van der Waals surface area (Å²) in [6, 6.07) is 0. The molecular weight excluding hydrogens is 265 g/mol. The first-order chi connectivity index (χ1) is 5.88. The Morgan fingerprint density at radius 1 is 1.08 bits per heavy atom. The molecule has 12 heavy (non-hydrogen) atoms. The van der Waals surface area contributed by atoms with Crippen LogP contribution in [0, 0.1) is 0 Å². The number of fused-ring (bicyclic) bond motifs is 1. The predicted octanol–water partition coefficient (Wildman–Crippen LogP) is 2.14. The molecule has 0 aromatic carbocycles. The molecule has 0 spiro atoms. The van der Waals surface area contributed by atoms with Gasteiger partial charge in [-0.15, -0.1) is 5.10 Å². The van der Waals surface area contributed by atoms with E-state index in [1.165, 1.54) is 37.1 Å². The quantitative estimate of drug-likeness (QED) is 0.680. The normalized spacial score (nSPS) is 18.1. The topological polar surface area (TPSA) is 30.7 Å². The van der Waals surface area contributed by atoms with E-state index >= 15 is 0 Å². The molecule has 0 aliphatic heterocycles. The predicted molar refractivity (Wildman–Crippen MR) is 55.3 cm³/mol. The third-order valence-electron chi connectivity index (χ3n) is 2.38. The van der Waals surface area contributed by atoms with Crippen molar-refractivity contribution >= 4 is 22.9 Å². The molecule has 2 rings (SSSR count). The van der Waals surface area contributed by atoms with Crippen molar-refractivity contribution in [1.82, 2.24) is 13.2 Å². The Labute approximate surface area is 86.0 Å². The molecule has 1 aromatic heterocycles. The van der Waals surface area contributed by atoms with Gasteiger partial charge in [0, 0.05) is 0 Å². The fourth-order valence-corrected chi connectivity index (χ4v) is 2.30. The minimum absolute atomic E-state index is 1.12. The Bertz CT molecular complexity index is 269. The molecular formula is C8H12IN3. The fraction of sp³-hybridized carbons (Fsp3) is 0.750. The van der Waals surface area contributed by atoms with Crippen LogP contribution in [0.2, 0.25) is 0 Å². The maximum Gasteiger partial charge on any atom is 0.0868 e. The summed E-state index contributed by atoms with van der Waals surface area (Å²) in [4.78, 5) is 0. The van der Waals surface area contributed by atoms with Crippen molar-refractivity contribution in [3.05, 3.63) is 11.4 Å². The van der Waals surface area contributed by atoms with Crippen LogP contribution in [0.15, 0.2) is 0 Å². The van der Waals surface area contributed by atoms with Crippen molar-refractivity contribution in [2.45, 2.75) is 38.5 Å². The molecule has 0 fully saturated rings. The lowest BCUT2D eigenvalue weighted by atomic mass is 10.0. The summed E-state index contributed by atoms with van der Waals surface area (Å²) < 4.78 is 1.90. The van der Waals surface area contributed by atoms with E-state index in [1.54, 1.807) is 0 Å². The molecule has 66 valence electrons. The second-order valence-corrected chi connectivity index (χ2v) is 4.17. The van der Waals surface area contributed by atoms with Gasteiger partial charge in [-0.1, -0.05) is 18.1 Å². The minimum Gasteiger partial charge on any atom is -0.188 e. The third kappa shape index (κ3) is 1.62. The van der Waals surface area contributed by atoms with Gasteiger partial charge in [0.05, 0.1) is 34.3 Å². The van der Waals surface area contributed by atoms with Gasteiger partial charge in [0.25, 0.3) is 0 Å². The standard InChI is InChI=1S/C8H12IN3/c9-12-8-6-4-2-1-3-5-7(8)10-11-12/h1-6H2. The molecule has 1 aliphatic carbocycles. The Kier molecular flexibility index (Phi) is 2.63. The molecule has 4 heteroatoms. The fourth-order valence-electron chi connectivity index (χ4n) is 1.68. The molecule has 1 heterocycles. The Balaban J connectivity index is 2.26. The minimum atomic E-state index is 1.12. The van der Waals surface area contributed by atoms with E-state index in [4.69, 9.17) is 0 Å². The average molecular weight is 277 g/mol. The van der Waals surface area contributed by atoms with Crippen molar-refractivity contribution in [3.8, 4) is 0 Å². The molecule has 0 bridgehead atoms. The number of rotatable bonds is 0. The maximum atomic E-state index is 4.16. The summed E-state index contributed by atoms with van der Waals surface area (Å²) in [6.07, 6.45) is 7.57. The van der Waals surface area contributed by atoms with Crippen LogP contribution in [0.1, 0.15) is 37.1 Å². The summed E-state index contributed by atoms with van der Waals surface area (Å²) in [7, 11) is 0. The molecule has 0 N–H and O–H groups in total. The first-order valence-electron chi connectivity index (χ1n) is 4.47. The highest BCUT2D eigenvalue weighted by Crippen LogP contribution is 2.18. The van der Waals surface area contributed by atoms with Crippen LogP contribution < -0.4 is 0 Å². The van der Waals surface area contributed by atoms with Crippen LogP contribution in [0.25, 0.3) is 0 Å². The summed E-state index contributed by atoms with van der Waals surface area (Å²) in [5, 5.41) is 8.20. The van der Waals surface area contributed by atoms with Gasteiger partial charge < -0.3 is 0 Å². The Morgan fingerprint density at radius 3 is 2.67 bits per heavy atom. The molecule has 0 unspecified atom stereocenters. The lowest BCUT2D eigenvalue weighted by Gasteiger charge is -2.07. The van der Waals surface area contributed by atoms with Crippen LogP contribution in [0.4, 0.5) is 0 Å². The van der Waals surface area contributed by atoms with Crippen molar-refractivity contribution in [3.63, 3.8) is 0 Å². The van der Waals surface area contributed by atoms with E-state index in [9.17, 15) is 0 Å². The van der Waals surface area contributed by atoms with Crippen LogP contribution in [-0.2, 0) is 12.8 Å². The zero-order valence-electron chi connectivity index (χ0n) is 6.96. The number of hydrogen-bond donors (Lipinski definition) is 0. The zero-order valence-corrected chi connectivity index (χ0v) is 9.12.